The van der Waals surface area contributed by atoms with Crippen LogP contribution in [0.25, 0.3) is 0 Å². The second-order valence-corrected chi connectivity index (χ2v) is 11.9. The number of hydrogen-bond donors (Lipinski definition) is 1. The average molecular weight is 571 g/mol. The van der Waals surface area contributed by atoms with Crippen molar-refractivity contribution >= 4 is 17.4 Å². The first kappa shape index (κ1) is 33.3. The normalized spacial score (nSPS) is 18.6. The summed E-state index contributed by atoms with van der Waals surface area (Å²) in [6.07, 6.45) is 14.2. The molecule has 7 nitrogen and oxygen atoms in total. The number of aliphatic imine (C=N–C) groups is 1. The molecular formula is C34H54N2O5. The van der Waals surface area contributed by atoms with Gasteiger partial charge in [-0.15, -0.1) is 0 Å². The third kappa shape index (κ3) is 7.98. The van der Waals surface area contributed by atoms with Gasteiger partial charge in [0.15, 0.2) is 6.10 Å². The molecule has 0 aromatic heterocycles. The number of fused-ring (bicyclic) bond motifs is 1. The molecule has 1 saturated heterocycles. The predicted molar refractivity (Wildman–Crippen MR) is 165 cm³/mol. The summed E-state index contributed by atoms with van der Waals surface area (Å²) < 4.78 is 18.2. The lowest BCUT2D eigenvalue weighted by molar-refractivity contribution is -0.232. The molecule has 2 heterocycles. The van der Waals surface area contributed by atoms with Crippen LogP contribution < -0.4 is 0 Å². The van der Waals surface area contributed by atoms with Crippen LogP contribution in [0, 0.1) is 6.92 Å². The van der Waals surface area contributed by atoms with E-state index >= 15 is 0 Å². The monoisotopic (exact) mass is 570 g/mol. The molecule has 1 N–H and O–H groups in total. The summed E-state index contributed by atoms with van der Waals surface area (Å²) in [5.74, 6) is -1.66. The van der Waals surface area contributed by atoms with E-state index in [2.05, 4.69) is 38.9 Å². The number of benzene rings is 1. The Hall–Kier alpha value is -2.25. The van der Waals surface area contributed by atoms with Gasteiger partial charge in [-0.1, -0.05) is 109 Å². The molecule has 0 aliphatic carbocycles. The molecule has 0 spiro atoms. The van der Waals surface area contributed by atoms with Gasteiger partial charge in [0.1, 0.15) is 5.71 Å². The van der Waals surface area contributed by atoms with Crippen LogP contribution in [0.3, 0.4) is 0 Å². The van der Waals surface area contributed by atoms with Gasteiger partial charge in [0.2, 0.25) is 11.5 Å². The predicted octanol–water partition coefficient (Wildman–Crippen LogP) is 8.06. The van der Waals surface area contributed by atoms with E-state index < -0.39 is 17.9 Å². The highest BCUT2D eigenvalue weighted by atomic mass is 16.8. The van der Waals surface area contributed by atoms with Crippen LogP contribution in [0.2, 0.25) is 0 Å². The summed E-state index contributed by atoms with van der Waals surface area (Å²) in [5, 5.41) is 13.6. The fourth-order valence-electron chi connectivity index (χ4n) is 6.95. The number of aryl methyl sites for hydroxylation is 1. The molecule has 0 bridgehead atoms. The zero-order valence-corrected chi connectivity index (χ0v) is 26.3. The van der Waals surface area contributed by atoms with Crippen molar-refractivity contribution in [3.8, 4) is 0 Å². The van der Waals surface area contributed by atoms with Gasteiger partial charge in [0, 0.05) is 23.9 Å². The minimum absolute atomic E-state index is 0.0883. The first-order valence-corrected chi connectivity index (χ1v) is 16.3. The van der Waals surface area contributed by atoms with E-state index in [0.717, 1.165) is 44.1 Å². The van der Waals surface area contributed by atoms with Gasteiger partial charge >= 0.3 is 5.97 Å². The van der Waals surface area contributed by atoms with E-state index in [1.165, 1.54) is 49.7 Å². The van der Waals surface area contributed by atoms with Crippen LogP contribution in [0.15, 0.2) is 28.3 Å². The quantitative estimate of drug-likeness (QED) is 0.0634. The number of nitrogens with zero attached hydrogens (tertiary/aromatic N) is 2. The lowest BCUT2D eigenvalue weighted by atomic mass is 9.68. The number of oxime groups is 1. The molecular weight excluding hydrogens is 516 g/mol. The summed E-state index contributed by atoms with van der Waals surface area (Å²) in [7, 11) is 0. The SMILES string of the molecule is CCCCCCCCCCC(OC(=O)/C(=N/O)C1=NCC(CCC)(CCC)c2c(C)cccc21)C1(CC)OCCO1. The Bertz CT molecular complexity index is 1020. The van der Waals surface area contributed by atoms with Crippen LogP contribution in [0.4, 0.5) is 0 Å². The molecule has 1 aromatic carbocycles. The van der Waals surface area contributed by atoms with Crippen molar-refractivity contribution in [1.29, 1.82) is 0 Å². The van der Waals surface area contributed by atoms with Crippen molar-refractivity contribution in [2.45, 2.75) is 142 Å². The van der Waals surface area contributed by atoms with Crippen molar-refractivity contribution in [2.75, 3.05) is 19.8 Å². The van der Waals surface area contributed by atoms with Gasteiger partial charge in [-0.05, 0) is 43.7 Å². The zero-order chi connectivity index (χ0) is 29.7. The number of unbranched alkanes of at least 4 members (excludes halogenated alkanes) is 7. The fraction of sp³-hybridized carbons (Fsp3) is 0.735. The molecule has 0 radical (unpaired) electrons. The largest absolute Gasteiger partial charge is 0.452 e. The standard InChI is InChI=1S/C34H54N2O5/c1-6-10-11-12-13-14-15-16-20-28(34(9-4)39-23-24-40-34)41-32(37)31(36-38)30-27-19-17-18-26(5)29(27)33(21-7-2,22-8-3)25-35-30/h17-19,28,38H,6-16,20-25H2,1-5H3/b36-31+. The van der Waals surface area contributed by atoms with E-state index in [1.54, 1.807) is 0 Å². The maximum absolute atomic E-state index is 13.7. The molecule has 2 aliphatic rings. The molecule has 3 rings (SSSR count). The Morgan fingerprint density at radius 1 is 0.976 bits per heavy atom. The van der Waals surface area contributed by atoms with Crippen LogP contribution in [0.5, 0.6) is 0 Å². The fourth-order valence-corrected chi connectivity index (χ4v) is 6.95. The molecule has 1 aromatic rings. The molecule has 41 heavy (non-hydrogen) atoms. The Morgan fingerprint density at radius 2 is 1.61 bits per heavy atom. The zero-order valence-electron chi connectivity index (χ0n) is 26.3. The molecule has 0 amide bonds. The highest BCUT2D eigenvalue weighted by molar-refractivity contribution is 6.69. The van der Waals surface area contributed by atoms with Gasteiger partial charge in [-0.25, -0.2) is 4.79 Å². The molecule has 230 valence electrons. The van der Waals surface area contributed by atoms with Gasteiger partial charge in [0.05, 0.1) is 13.2 Å². The first-order chi connectivity index (χ1) is 19.9. The lowest BCUT2D eigenvalue weighted by Crippen LogP contribution is -2.47. The molecule has 0 saturated carbocycles. The van der Waals surface area contributed by atoms with Crippen molar-refractivity contribution < 1.29 is 24.2 Å². The summed E-state index contributed by atoms with van der Waals surface area (Å²) >= 11 is 0. The summed E-state index contributed by atoms with van der Waals surface area (Å²) in [5.41, 5.74) is 3.42. The number of ether oxygens (including phenoxy) is 3. The van der Waals surface area contributed by atoms with Crippen molar-refractivity contribution in [2.24, 2.45) is 10.1 Å². The average Bonchev–Trinajstić information content (AvgIpc) is 3.46. The number of hydrogen-bond acceptors (Lipinski definition) is 7. The molecule has 7 heteroatoms. The van der Waals surface area contributed by atoms with Gasteiger partial charge < -0.3 is 19.4 Å². The maximum Gasteiger partial charge on any atom is 0.363 e. The van der Waals surface area contributed by atoms with Gasteiger partial charge in [-0.3, -0.25) is 4.99 Å². The van der Waals surface area contributed by atoms with Crippen LogP contribution >= 0.6 is 0 Å². The van der Waals surface area contributed by atoms with E-state index in [-0.39, 0.29) is 11.1 Å². The number of esters is 1. The number of carbonyl (C=O) groups is 1. The molecule has 1 fully saturated rings. The lowest BCUT2D eigenvalue weighted by Gasteiger charge is -2.39. The van der Waals surface area contributed by atoms with Gasteiger partial charge in [-0.2, -0.15) is 0 Å². The van der Waals surface area contributed by atoms with E-state index in [9.17, 15) is 10.0 Å². The van der Waals surface area contributed by atoms with Crippen LogP contribution in [-0.4, -0.2) is 54.2 Å². The topological polar surface area (TPSA) is 89.7 Å². The Kier molecular flexibility index (Phi) is 13.3. The van der Waals surface area contributed by atoms with Crippen LogP contribution in [0.1, 0.15) is 134 Å². The molecule has 2 aliphatic heterocycles. The second kappa shape index (κ2) is 16.4. The highest BCUT2D eigenvalue weighted by Crippen LogP contribution is 2.42. The first-order valence-electron chi connectivity index (χ1n) is 16.3. The minimum Gasteiger partial charge on any atom is -0.452 e. The van der Waals surface area contributed by atoms with Crippen molar-refractivity contribution in [1.82, 2.24) is 0 Å². The third-order valence-corrected chi connectivity index (χ3v) is 8.90. The number of carbonyl (C=O) groups excluding carboxylic acids is 1. The van der Waals surface area contributed by atoms with E-state index in [1.807, 2.05) is 19.1 Å². The van der Waals surface area contributed by atoms with Crippen molar-refractivity contribution in [3.63, 3.8) is 0 Å². The summed E-state index contributed by atoms with van der Waals surface area (Å²) in [6.45, 7) is 12.2. The second-order valence-electron chi connectivity index (χ2n) is 11.9. The van der Waals surface area contributed by atoms with Crippen molar-refractivity contribution in [3.05, 3.63) is 34.9 Å². The summed E-state index contributed by atoms with van der Waals surface area (Å²) in [4.78, 5) is 18.7. The maximum atomic E-state index is 13.7. The Morgan fingerprint density at radius 3 is 2.20 bits per heavy atom. The minimum atomic E-state index is -0.975. The molecule has 1 atom stereocenters. The molecule has 1 unspecified atom stereocenters. The van der Waals surface area contributed by atoms with Gasteiger partial charge in [0.25, 0.3) is 0 Å². The smallest absolute Gasteiger partial charge is 0.363 e. The highest BCUT2D eigenvalue weighted by Gasteiger charge is 2.46. The third-order valence-electron chi connectivity index (χ3n) is 8.90. The van der Waals surface area contributed by atoms with E-state index in [0.29, 0.717) is 38.3 Å². The Labute approximate surface area is 248 Å². The summed E-state index contributed by atoms with van der Waals surface area (Å²) in [6, 6.07) is 6.10. The van der Waals surface area contributed by atoms with Crippen LogP contribution in [-0.2, 0) is 24.4 Å². The van der Waals surface area contributed by atoms with E-state index in [4.69, 9.17) is 19.2 Å². The number of rotatable bonds is 18. The Balaban J connectivity index is 1.80.